The van der Waals surface area contributed by atoms with Gasteiger partial charge in [-0.1, -0.05) is 6.92 Å². The van der Waals surface area contributed by atoms with Crippen molar-refractivity contribution < 1.29 is 9.53 Å². The van der Waals surface area contributed by atoms with Crippen molar-refractivity contribution in [2.45, 2.75) is 13.8 Å². The lowest BCUT2D eigenvalue weighted by Gasteiger charge is -2.15. The second kappa shape index (κ2) is 11.8. The molecule has 104 valence electrons. The van der Waals surface area contributed by atoms with Gasteiger partial charge in [0.1, 0.15) is 0 Å². The average Bonchev–Trinajstić information content (AvgIpc) is 2.14. The molecule has 0 spiro atoms. The smallest absolute Gasteiger partial charge is 0.217 e. The van der Waals surface area contributed by atoms with Crippen LogP contribution in [0.5, 0.6) is 0 Å². The zero-order chi connectivity index (χ0) is 13.8. The summed E-state index contributed by atoms with van der Waals surface area (Å²) in [6, 6.07) is 0. The largest absolute Gasteiger partial charge is 0.384 e. The molecule has 0 aromatic heterocycles. The van der Waals surface area contributed by atoms with Crippen molar-refractivity contribution in [3.8, 4) is 0 Å². The standard InChI is InChI=1S/C7H17NO.C5H12N2O/c1-7(6-9-4)5-8(2)3;1-5(8)6-4-7(2)3/h7H,5-6H2,1-4H3;4H2,1-3H3,(H,6,8). The summed E-state index contributed by atoms with van der Waals surface area (Å²) in [5, 5.41) is 2.63. The lowest BCUT2D eigenvalue weighted by molar-refractivity contribution is -0.119. The Bertz CT molecular complexity index is 185. The van der Waals surface area contributed by atoms with E-state index in [2.05, 4.69) is 31.2 Å². The van der Waals surface area contributed by atoms with E-state index < -0.39 is 0 Å². The summed E-state index contributed by atoms with van der Waals surface area (Å²) in [4.78, 5) is 14.3. The lowest BCUT2D eigenvalue weighted by atomic mass is 10.2. The average molecular weight is 247 g/mol. The van der Waals surface area contributed by atoms with Gasteiger partial charge in [0.25, 0.3) is 0 Å². The molecule has 0 fully saturated rings. The van der Waals surface area contributed by atoms with Gasteiger partial charge >= 0.3 is 0 Å². The Hall–Kier alpha value is -0.650. The predicted molar refractivity (Wildman–Crippen MR) is 72.0 cm³/mol. The van der Waals surface area contributed by atoms with Gasteiger partial charge in [0.05, 0.1) is 6.67 Å². The van der Waals surface area contributed by atoms with Gasteiger partial charge < -0.3 is 15.0 Å². The van der Waals surface area contributed by atoms with Crippen LogP contribution in [0.15, 0.2) is 0 Å². The number of nitrogens with one attached hydrogen (secondary N) is 1. The Morgan fingerprint density at radius 3 is 2.00 bits per heavy atom. The van der Waals surface area contributed by atoms with E-state index in [4.69, 9.17) is 4.74 Å². The van der Waals surface area contributed by atoms with Gasteiger partial charge in [-0.25, -0.2) is 0 Å². The van der Waals surface area contributed by atoms with Crippen molar-refractivity contribution in [3.63, 3.8) is 0 Å². The molecule has 17 heavy (non-hydrogen) atoms. The van der Waals surface area contributed by atoms with E-state index in [9.17, 15) is 4.79 Å². The van der Waals surface area contributed by atoms with E-state index in [-0.39, 0.29) is 5.91 Å². The summed E-state index contributed by atoms with van der Waals surface area (Å²) in [7, 11) is 9.69. The minimum atomic E-state index is 0.0127. The molecule has 0 saturated heterocycles. The molecule has 1 N–H and O–H groups in total. The third-order valence-electron chi connectivity index (χ3n) is 1.77. The molecule has 0 aromatic carbocycles. The highest BCUT2D eigenvalue weighted by atomic mass is 16.5. The number of carbonyl (C=O) groups excluding carboxylic acids is 1. The second-order valence-electron chi connectivity index (χ2n) is 4.79. The van der Waals surface area contributed by atoms with Crippen molar-refractivity contribution in [2.24, 2.45) is 5.92 Å². The summed E-state index contributed by atoms with van der Waals surface area (Å²) in [5.41, 5.74) is 0. The first-order valence-corrected chi connectivity index (χ1v) is 5.82. The van der Waals surface area contributed by atoms with E-state index in [1.54, 1.807) is 7.11 Å². The van der Waals surface area contributed by atoms with Crippen LogP contribution in [0.1, 0.15) is 13.8 Å². The van der Waals surface area contributed by atoms with Gasteiger partial charge in [0.15, 0.2) is 0 Å². The van der Waals surface area contributed by atoms with Crippen LogP contribution in [0.4, 0.5) is 0 Å². The third-order valence-corrected chi connectivity index (χ3v) is 1.77. The highest BCUT2D eigenvalue weighted by molar-refractivity contribution is 5.72. The molecule has 5 heteroatoms. The molecule has 0 aliphatic carbocycles. The maximum Gasteiger partial charge on any atom is 0.217 e. The molecule has 5 nitrogen and oxygen atoms in total. The summed E-state index contributed by atoms with van der Waals surface area (Å²) in [6.07, 6.45) is 0. The number of carbonyl (C=O) groups is 1. The Kier molecular flexibility index (Phi) is 13.0. The number of amides is 1. The van der Waals surface area contributed by atoms with Gasteiger partial charge in [-0.3, -0.25) is 9.69 Å². The third kappa shape index (κ3) is 21.2. The minimum Gasteiger partial charge on any atom is -0.384 e. The molecule has 0 saturated carbocycles. The summed E-state index contributed by atoms with van der Waals surface area (Å²) >= 11 is 0. The van der Waals surface area contributed by atoms with Crippen LogP contribution in [-0.4, -0.2) is 70.8 Å². The normalized spacial score (nSPS) is 12.1. The van der Waals surface area contributed by atoms with E-state index >= 15 is 0 Å². The van der Waals surface area contributed by atoms with Crippen molar-refractivity contribution in [2.75, 3.05) is 55.1 Å². The molecular formula is C12H29N3O2. The molecule has 1 atom stereocenters. The zero-order valence-corrected chi connectivity index (χ0v) is 12.4. The number of ether oxygens (including phenoxy) is 1. The van der Waals surface area contributed by atoms with Crippen LogP contribution in [0.3, 0.4) is 0 Å². The van der Waals surface area contributed by atoms with Crippen molar-refractivity contribution >= 4 is 5.91 Å². The molecule has 0 aliphatic heterocycles. The first-order valence-electron chi connectivity index (χ1n) is 5.82. The molecule has 0 radical (unpaired) electrons. The van der Waals surface area contributed by atoms with E-state index in [0.717, 1.165) is 13.2 Å². The zero-order valence-electron chi connectivity index (χ0n) is 12.4. The molecule has 1 unspecified atom stereocenters. The second-order valence-corrected chi connectivity index (χ2v) is 4.79. The van der Waals surface area contributed by atoms with Crippen LogP contribution in [0, 0.1) is 5.92 Å². The summed E-state index contributed by atoms with van der Waals surface area (Å²) in [6.45, 7) is 6.27. The van der Waals surface area contributed by atoms with Crippen LogP contribution in [0.2, 0.25) is 0 Å². The quantitative estimate of drug-likeness (QED) is 0.693. The van der Waals surface area contributed by atoms with Crippen LogP contribution in [-0.2, 0) is 9.53 Å². The summed E-state index contributed by atoms with van der Waals surface area (Å²) < 4.78 is 4.98. The van der Waals surface area contributed by atoms with E-state index in [1.807, 2.05) is 19.0 Å². The lowest BCUT2D eigenvalue weighted by Crippen LogP contribution is -2.31. The molecule has 0 aromatic rings. The highest BCUT2D eigenvalue weighted by Gasteiger charge is 2.00. The molecule has 0 aliphatic rings. The fourth-order valence-corrected chi connectivity index (χ4v) is 1.23. The molecular weight excluding hydrogens is 218 g/mol. The summed E-state index contributed by atoms with van der Waals surface area (Å²) in [5.74, 6) is 0.656. The van der Waals surface area contributed by atoms with Gasteiger partial charge in [-0.15, -0.1) is 0 Å². The van der Waals surface area contributed by atoms with Gasteiger partial charge in [0.2, 0.25) is 5.91 Å². The number of methoxy groups -OCH3 is 1. The Morgan fingerprint density at radius 1 is 1.24 bits per heavy atom. The van der Waals surface area contributed by atoms with Gasteiger partial charge in [0, 0.05) is 27.2 Å². The van der Waals surface area contributed by atoms with Crippen LogP contribution in [0.25, 0.3) is 0 Å². The number of hydrogen-bond acceptors (Lipinski definition) is 4. The Morgan fingerprint density at radius 2 is 1.76 bits per heavy atom. The Balaban J connectivity index is 0. The first-order chi connectivity index (χ1) is 7.79. The van der Waals surface area contributed by atoms with Crippen molar-refractivity contribution in [3.05, 3.63) is 0 Å². The SMILES string of the molecule is CC(=O)NCN(C)C.COCC(C)CN(C)C. The van der Waals surface area contributed by atoms with Crippen molar-refractivity contribution in [1.29, 1.82) is 0 Å². The maximum atomic E-state index is 10.2. The highest BCUT2D eigenvalue weighted by Crippen LogP contribution is 1.95. The van der Waals surface area contributed by atoms with Crippen LogP contribution >= 0.6 is 0 Å². The van der Waals surface area contributed by atoms with E-state index in [1.165, 1.54) is 6.92 Å². The maximum absolute atomic E-state index is 10.2. The Labute approximate surface area is 106 Å². The minimum absolute atomic E-state index is 0.0127. The number of rotatable bonds is 6. The van der Waals surface area contributed by atoms with Crippen molar-refractivity contribution in [1.82, 2.24) is 15.1 Å². The fraction of sp³-hybridized carbons (Fsp3) is 0.917. The van der Waals surface area contributed by atoms with E-state index in [0.29, 0.717) is 12.6 Å². The topological polar surface area (TPSA) is 44.8 Å². The monoisotopic (exact) mass is 247 g/mol. The molecule has 0 bridgehead atoms. The van der Waals surface area contributed by atoms with Gasteiger partial charge in [-0.05, 0) is 34.1 Å². The van der Waals surface area contributed by atoms with Gasteiger partial charge in [-0.2, -0.15) is 0 Å². The number of nitrogens with zero attached hydrogens (tertiary/aromatic N) is 2. The molecule has 0 rings (SSSR count). The van der Waals surface area contributed by atoms with Crippen LogP contribution < -0.4 is 5.32 Å². The number of hydrogen-bond donors (Lipinski definition) is 1. The first kappa shape index (κ1) is 18.7. The molecule has 0 heterocycles. The predicted octanol–water partition coefficient (Wildman–Crippen LogP) is 0.472. The fourth-order valence-electron chi connectivity index (χ4n) is 1.23. The molecule has 1 amide bonds.